The fourth-order valence-corrected chi connectivity index (χ4v) is 3.51. The number of nitrogens with one attached hydrogen (secondary N) is 2. The van der Waals surface area contributed by atoms with Gasteiger partial charge >= 0.3 is 12.4 Å². The van der Waals surface area contributed by atoms with E-state index in [2.05, 4.69) is 10.6 Å². The predicted octanol–water partition coefficient (Wildman–Crippen LogP) is 7.38. The molecule has 0 saturated carbocycles. The normalized spacial score (nSPS) is 11.8. The van der Waals surface area contributed by atoms with Gasteiger partial charge in [0.25, 0.3) is 11.8 Å². The highest BCUT2D eigenvalue weighted by Crippen LogP contribution is 2.33. The third kappa shape index (κ3) is 5.48. The van der Waals surface area contributed by atoms with Crippen LogP contribution in [0.5, 0.6) is 0 Å². The summed E-state index contributed by atoms with van der Waals surface area (Å²) in [5.74, 6) is -1.74. The lowest BCUT2D eigenvalue weighted by atomic mass is 10.1. The van der Waals surface area contributed by atoms with Gasteiger partial charge in [-0.05, 0) is 59.3 Å². The van der Waals surface area contributed by atoms with Crippen molar-refractivity contribution in [2.24, 2.45) is 0 Å². The molecule has 4 nitrogen and oxygen atoms in total. The van der Waals surface area contributed by atoms with Gasteiger partial charge in [0.05, 0.1) is 22.5 Å². The summed E-state index contributed by atoms with van der Waals surface area (Å²) >= 11 is 0. The summed E-state index contributed by atoms with van der Waals surface area (Å²) in [5, 5.41) is 6.27. The van der Waals surface area contributed by atoms with Crippen molar-refractivity contribution in [3.05, 3.63) is 107 Å². The van der Waals surface area contributed by atoms with E-state index in [4.69, 9.17) is 0 Å². The SMILES string of the molecule is O=C(Nc1cc2ccccc2cc1NC(=O)c1cccc(C(F)(F)F)c1)c1cccc(C(F)(F)F)c1. The van der Waals surface area contributed by atoms with Gasteiger partial charge in [0.15, 0.2) is 0 Å². The molecular weight excluding hydrogens is 486 g/mol. The molecule has 0 aliphatic heterocycles. The number of rotatable bonds is 4. The second-order valence-corrected chi connectivity index (χ2v) is 7.81. The van der Waals surface area contributed by atoms with Crippen molar-refractivity contribution in [3.63, 3.8) is 0 Å². The minimum absolute atomic E-state index is 0.0523. The van der Waals surface area contributed by atoms with Crippen molar-refractivity contribution in [1.82, 2.24) is 0 Å². The lowest BCUT2D eigenvalue weighted by Crippen LogP contribution is -2.18. The molecule has 184 valence electrons. The maximum absolute atomic E-state index is 13.1. The summed E-state index contributed by atoms with van der Waals surface area (Å²) in [4.78, 5) is 25.6. The molecule has 0 radical (unpaired) electrons. The van der Waals surface area contributed by atoms with Crippen molar-refractivity contribution in [2.75, 3.05) is 10.6 Å². The number of anilines is 2. The van der Waals surface area contributed by atoms with Crippen LogP contribution in [-0.4, -0.2) is 11.8 Å². The second kappa shape index (κ2) is 9.37. The molecule has 36 heavy (non-hydrogen) atoms. The van der Waals surface area contributed by atoms with Crippen LogP contribution >= 0.6 is 0 Å². The standard InChI is InChI=1S/C26H16F6N2O2/c27-25(28,29)19-9-3-7-17(11-19)23(35)33-21-13-15-5-1-2-6-16(15)14-22(21)34-24(36)18-8-4-10-20(12-18)26(30,31)32/h1-14H,(H,33,35)(H,34,36). The molecule has 0 aliphatic rings. The van der Waals surface area contributed by atoms with E-state index >= 15 is 0 Å². The van der Waals surface area contributed by atoms with E-state index in [1.807, 2.05) is 0 Å². The van der Waals surface area contributed by atoms with Crippen LogP contribution < -0.4 is 10.6 Å². The monoisotopic (exact) mass is 502 g/mol. The van der Waals surface area contributed by atoms with Crippen LogP contribution in [0.1, 0.15) is 31.8 Å². The van der Waals surface area contributed by atoms with Crippen molar-refractivity contribution in [2.45, 2.75) is 12.4 Å². The Labute approximate surface area is 200 Å². The van der Waals surface area contributed by atoms with E-state index in [1.54, 1.807) is 24.3 Å². The van der Waals surface area contributed by atoms with E-state index in [9.17, 15) is 35.9 Å². The maximum Gasteiger partial charge on any atom is 0.416 e. The number of benzene rings is 4. The molecule has 0 atom stereocenters. The highest BCUT2D eigenvalue weighted by Gasteiger charge is 2.32. The average Bonchev–Trinajstić information content (AvgIpc) is 2.83. The van der Waals surface area contributed by atoms with Crippen LogP contribution in [0.3, 0.4) is 0 Å². The number of carbonyl (C=O) groups excluding carboxylic acids is 2. The van der Waals surface area contributed by atoms with Crippen LogP contribution in [0.4, 0.5) is 37.7 Å². The van der Waals surface area contributed by atoms with Gasteiger partial charge < -0.3 is 10.6 Å². The minimum atomic E-state index is -4.65. The number of halogens is 6. The zero-order chi connectivity index (χ0) is 26.1. The number of carbonyl (C=O) groups is 2. The molecule has 0 spiro atoms. The topological polar surface area (TPSA) is 58.2 Å². The third-order valence-corrected chi connectivity index (χ3v) is 5.29. The van der Waals surface area contributed by atoms with Crippen molar-refractivity contribution in [3.8, 4) is 0 Å². The van der Waals surface area contributed by atoms with Gasteiger partial charge in [-0.15, -0.1) is 0 Å². The number of alkyl halides is 6. The lowest BCUT2D eigenvalue weighted by Gasteiger charge is -2.15. The van der Waals surface area contributed by atoms with Gasteiger partial charge in [-0.2, -0.15) is 26.3 Å². The smallest absolute Gasteiger partial charge is 0.320 e. The number of hydrogen-bond acceptors (Lipinski definition) is 2. The Morgan fingerprint density at radius 3 is 1.28 bits per heavy atom. The summed E-state index contributed by atoms with van der Waals surface area (Å²) in [6, 6.07) is 17.5. The van der Waals surface area contributed by atoms with Gasteiger partial charge in [0.2, 0.25) is 0 Å². The Morgan fingerprint density at radius 1 is 0.528 bits per heavy atom. The summed E-state index contributed by atoms with van der Waals surface area (Å²) < 4.78 is 78.3. The predicted molar refractivity (Wildman–Crippen MR) is 123 cm³/mol. The summed E-state index contributed by atoms with van der Waals surface area (Å²) in [7, 11) is 0. The molecule has 0 heterocycles. The van der Waals surface area contributed by atoms with Crippen LogP contribution in [0, 0.1) is 0 Å². The minimum Gasteiger partial charge on any atom is -0.320 e. The number of fused-ring (bicyclic) bond motifs is 1. The Hall–Kier alpha value is -4.34. The first-order valence-corrected chi connectivity index (χ1v) is 10.4. The van der Waals surface area contributed by atoms with E-state index in [0.717, 1.165) is 24.3 Å². The van der Waals surface area contributed by atoms with Crippen LogP contribution in [0.25, 0.3) is 10.8 Å². The van der Waals surface area contributed by atoms with Crippen molar-refractivity contribution < 1.29 is 35.9 Å². The first kappa shape index (κ1) is 24.8. The van der Waals surface area contributed by atoms with Gasteiger partial charge in [-0.25, -0.2) is 0 Å². The zero-order valence-electron chi connectivity index (χ0n) is 18.2. The Kier molecular flexibility index (Phi) is 6.45. The lowest BCUT2D eigenvalue weighted by molar-refractivity contribution is -0.138. The first-order chi connectivity index (χ1) is 16.9. The van der Waals surface area contributed by atoms with Crippen LogP contribution in [-0.2, 0) is 12.4 Å². The van der Waals surface area contributed by atoms with Crippen LogP contribution in [0.15, 0.2) is 84.9 Å². The van der Waals surface area contributed by atoms with Gasteiger partial charge in [0.1, 0.15) is 0 Å². The Bertz CT molecular complexity index is 1350. The highest BCUT2D eigenvalue weighted by molar-refractivity contribution is 6.12. The molecule has 0 aromatic heterocycles. The summed E-state index contributed by atoms with van der Waals surface area (Å²) in [5.41, 5.74) is -2.45. The molecule has 0 bridgehead atoms. The van der Waals surface area contributed by atoms with E-state index in [1.165, 1.54) is 24.3 Å². The van der Waals surface area contributed by atoms with Gasteiger partial charge in [-0.3, -0.25) is 9.59 Å². The molecule has 0 saturated heterocycles. The first-order valence-electron chi connectivity index (χ1n) is 10.4. The molecule has 0 aliphatic carbocycles. The molecule has 4 rings (SSSR count). The highest BCUT2D eigenvalue weighted by atomic mass is 19.4. The van der Waals surface area contributed by atoms with Crippen LogP contribution in [0.2, 0.25) is 0 Å². The molecule has 4 aromatic carbocycles. The van der Waals surface area contributed by atoms with E-state index in [0.29, 0.717) is 22.9 Å². The van der Waals surface area contributed by atoms with Gasteiger partial charge in [0, 0.05) is 11.1 Å². The van der Waals surface area contributed by atoms with Gasteiger partial charge in [-0.1, -0.05) is 36.4 Å². The molecule has 2 amide bonds. The summed E-state index contributed by atoms with van der Waals surface area (Å²) in [6.07, 6.45) is -9.30. The molecule has 0 unspecified atom stereocenters. The Morgan fingerprint density at radius 2 is 0.917 bits per heavy atom. The number of amides is 2. The quantitative estimate of drug-likeness (QED) is 0.286. The van der Waals surface area contributed by atoms with E-state index < -0.39 is 35.3 Å². The molecule has 4 aromatic rings. The van der Waals surface area contributed by atoms with Crippen molar-refractivity contribution in [1.29, 1.82) is 0 Å². The van der Waals surface area contributed by atoms with Crippen molar-refractivity contribution >= 4 is 34.0 Å². The van der Waals surface area contributed by atoms with E-state index in [-0.39, 0.29) is 22.5 Å². The summed E-state index contributed by atoms with van der Waals surface area (Å²) in [6.45, 7) is 0. The molecule has 10 heteroatoms. The Balaban J connectivity index is 1.68. The number of hydrogen-bond donors (Lipinski definition) is 2. The maximum atomic E-state index is 13.1. The fraction of sp³-hybridized carbons (Fsp3) is 0.0769. The average molecular weight is 502 g/mol. The zero-order valence-corrected chi connectivity index (χ0v) is 18.2. The largest absolute Gasteiger partial charge is 0.416 e. The molecular formula is C26H16F6N2O2. The molecule has 0 fully saturated rings. The second-order valence-electron chi connectivity index (χ2n) is 7.81. The molecule has 2 N–H and O–H groups in total. The fourth-order valence-electron chi connectivity index (χ4n) is 3.51. The third-order valence-electron chi connectivity index (χ3n) is 5.29.